The molecule has 6 heteroatoms. The van der Waals surface area contributed by atoms with E-state index >= 15 is 0 Å². The molecule has 0 saturated carbocycles. The van der Waals surface area contributed by atoms with Crippen molar-refractivity contribution in [1.82, 2.24) is 9.55 Å². The van der Waals surface area contributed by atoms with Gasteiger partial charge >= 0.3 is 0 Å². The first-order valence-electron chi connectivity index (χ1n) is 6.48. The van der Waals surface area contributed by atoms with Gasteiger partial charge in [-0.3, -0.25) is 9.36 Å². The van der Waals surface area contributed by atoms with E-state index in [0.717, 1.165) is 10.6 Å². The maximum absolute atomic E-state index is 12.7. The Morgan fingerprint density at radius 3 is 3.00 bits per heavy atom. The number of hydrogen-bond donors (Lipinski definition) is 0. The molecule has 0 aromatic carbocycles. The first kappa shape index (κ1) is 14.1. The van der Waals surface area contributed by atoms with Gasteiger partial charge in [0, 0.05) is 0 Å². The largest absolute Gasteiger partial charge is 0.291 e. The zero-order valence-electron chi connectivity index (χ0n) is 11.7. The standard InChI is InChI=1S/C15H13N3OS2/c1-9-3-5-10(6-4-9)18-8-17-12-11(7-16)15(20-2)21-13(12)14(18)19/h3-5,8,10H,6H2,1-2H3. The third kappa shape index (κ3) is 2.33. The molecule has 2 heterocycles. The number of hydrogen-bond acceptors (Lipinski definition) is 5. The lowest BCUT2D eigenvalue weighted by molar-refractivity contribution is 0.579. The number of rotatable bonds is 2. The Kier molecular flexibility index (Phi) is 3.70. The Morgan fingerprint density at radius 2 is 2.38 bits per heavy atom. The van der Waals surface area contributed by atoms with Crippen molar-refractivity contribution in [2.24, 2.45) is 0 Å². The summed E-state index contributed by atoms with van der Waals surface area (Å²) in [6, 6.07) is 2.16. The van der Waals surface area contributed by atoms with Gasteiger partial charge in [-0.05, 0) is 19.6 Å². The number of thioether (sulfide) groups is 1. The summed E-state index contributed by atoms with van der Waals surface area (Å²) < 4.78 is 3.08. The highest BCUT2D eigenvalue weighted by Gasteiger charge is 2.19. The second-order valence-corrected chi connectivity index (χ2v) is 6.92. The van der Waals surface area contributed by atoms with Crippen molar-refractivity contribution < 1.29 is 0 Å². The molecule has 0 N–H and O–H groups in total. The van der Waals surface area contributed by atoms with E-state index in [1.54, 1.807) is 10.9 Å². The minimum atomic E-state index is -0.0654. The number of allylic oxidation sites excluding steroid dienone is 4. The van der Waals surface area contributed by atoms with Gasteiger partial charge in [0.05, 0.1) is 16.6 Å². The van der Waals surface area contributed by atoms with Crippen molar-refractivity contribution in [2.45, 2.75) is 23.6 Å². The second-order valence-electron chi connectivity index (χ2n) is 4.83. The van der Waals surface area contributed by atoms with Crippen LogP contribution in [0.3, 0.4) is 0 Å². The van der Waals surface area contributed by atoms with Gasteiger partial charge in [-0.15, -0.1) is 23.1 Å². The predicted molar refractivity (Wildman–Crippen MR) is 86.9 cm³/mol. The highest BCUT2D eigenvalue weighted by atomic mass is 32.2. The highest BCUT2D eigenvalue weighted by Crippen LogP contribution is 2.34. The van der Waals surface area contributed by atoms with Crippen molar-refractivity contribution in [3.8, 4) is 6.07 Å². The van der Waals surface area contributed by atoms with E-state index < -0.39 is 0 Å². The molecule has 4 nitrogen and oxygen atoms in total. The Balaban J connectivity index is 2.16. The lowest BCUT2D eigenvalue weighted by Gasteiger charge is -2.17. The van der Waals surface area contributed by atoms with E-state index in [1.807, 2.05) is 25.3 Å². The van der Waals surface area contributed by atoms with Crippen molar-refractivity contribution in [3.63, 3.8) is 0 Å². The van der Waals surface area contributed by atoms with Gasteiger partial charge in [-0.25, -0.2) is 4.98 Å². The van der Waals surface area contributed by atoms with Crippen LogP contribution in [0.15, 0.2) is 39.1 Å². The number of aromatic nitrogens is 2. The summed E-state index contributed by atoms with van der Waals surface area (Å²) in [5, 5.41) is 9.25. The molecule has 21 heavy (non-hydrogen) atoms. The monoisotopic (exact) mass is 315 g/mol. The second kappa shape index (κ2) is 5.51. The SMILES string of the molecule is CSc1sc2c(=O)n(C3C=CC(C)=CC3)cnc2c1C#N. The maximum atomic E-state index is 12.7. The smallest absolute Gasteiger partial charge is 0.271 e. The van der Waals surface area contributed by atoms with Crippen molar-refractivity contribution in [2.75, 3.05) is 6.26 Å². The van der Waals surface area contributed by atoms with Gasteiger partial charge < -0.3 is 0 Å². The summed E-state index contributed by atoms with van der Waals surface area (Å²) in [5.74, 6) is 0. The molecule has 0 fully saturated rings. The number of nitrogens with zero attached hydrogens (tertiary/aromatic N) is 3. The Morgan fingerprint density at radius 1 is 1.57 bits per heavy atom. The summed E-state index contributed by atoms with van der Waals surface area (Å²) in [7, 11) is 0. The van der Waals surface area contributed by atoms with Crippen LogP contribution in [0.25, 0.3) is 10.2 Å². The third-order valence-electron chi connectivity index (χ3n) is 3.51. The average molecular weight is 315 g/mol. The van der Waals surface area contributed by atoms with Crippen LogP contribution in [-0.2, 0) is 0 Å². The lowest BCUT2D eigenvalue weighted by Crippen LogP contribution is -2.24. The normalized spacial score (nSPS) is 17.8. The van der Waals surface area contributed by atoms with Crippen molar-refractivity contribution in [1.29, 1.82) is 5.26 Å². The van der Waals surface area contributed by atoms with E-state index in [2.05, 4.69) is 17.1 Å². The topological polar surface area (TPSA) is 58.7 Å². The molecular formula is C15H13N3OS2. The van der Waals surface area contributed by atoms with Crippen LogP contribution >= 0.6 is 23.1 Å². The first-order chi connectivity index (χ1) is 10.2. The van der Waals surface area contributed by atoms with E-state index in [1.165, 1.54) is 28.7 Å². The van der Waals surface area contributed by atoms with Crippen LogP contribution in [0, 0.1) is 11.3 Å². The number of thiophene rings is 1. The lowest BCUT2D eigenvalue weighted by atomic mass is 10.0. The molecule has 0 aliphatic heterocycles. The van der Waals surface area contributed by atoms with Gasteiger partial charge in [0.2, 0.25) is 0 Å². The molecule has 1 unspecified atom stereocenters. The van der Waals surface area contributed by atoms with Gasteiger partial charge in [0.25, 0.3) is 5.56 Å². The van der Waals surface area contributed by atoms with Crippen molar-refractivity contribution >= 4 is 33.3 Å². The average Bonchev–Trinajstić information content (AvgIpc) is 2.87. The first-order valence-corrected chi connectivity index (χ1v) is 8.52. The molecule has 2 aromatic rings. The Labute approximate surface area is 130 Å². The third-order valence-corrected chi connectivity index (χ3v) is 5.79. The molecule has 3 rings (SSSR count). The molecule has 0 bridgehead atoms. The van der Waals surface area contributed by atoms with E-state index in [9.17, 15) is 10.1 Å². The summed E-state index contributed by atoms with van der Waals surface area (Å²) in [4.78, 5) is 17.0. The maximum Gasteiger partial charge on any atom is 0.271 e. The van der Waals surface area contributed by atoms with Gasteiger partial charge in [0.15, 0.2) is 0 Å². The van der Waals surface area contributed by atoms with Gasteiger partial charge in [-0.1, -0.05) is 23.8 Å². The zero-order valence-corrected chi connectivity index (χ0v) is 13.3. The van der Waals surface area contributed by atoms with Gasteiger partial charge in [0.1, 0.15) is 21.8 Å². The van der Waals surface area contributed by atoms with E-state index in [-0.39, 0.29) is 11.6 Å². The van der Waals surface area contributed by atoms with Crippen LogP contribution in [0.4, 0.5) is 0 Å². The fourth-order valence-corrected chi connectivity index (χ4v) is 4.16. The van der Waals surface area contributed by atoms with Crippen molar-refractivity contribution in [3.05, 3.63) is 46.0 Å². The van der Waals surface area contributed by atoms with Crippen LogP contribution in [0.1, 0.15) is 24.9 Å². The predicted octanol–water partition coefficient (Wildman–Crippen LogP) is 3.50. The molecule has 1 atom stereocenters. The minimum Gasteiger partial charge on any atom is -0.291 e. The van der Waals surface area contributed by atoms with Crippen LogP contribution < -0.4 is 5.56 Å². The number of fused-ring (bicyclic) bond motifs is 1. The molecule has 2 aromatic heterocycles. The minimum absolute atomic E-state index is 0.00321. The molecule has 0 saturated heterocycles. The summed E-state index contributed by atoms with van der Waals surface area (Å²) >= 11 is 2.84. The molecule has 0 spiro atoms. The molecule has 1 aliphatic rings. The molecule has 0 amide bonds. The number of nitriles is 1. The fraction of sp³-hybridized carbons (Fsp3) is 0.267. The molecule has 106 valence electrons. The molecular weight excluding hydrogens is 302 g/mol. The van der Waals surface area contributed by atoms with E-state index in [4.69, 9.17) is 0 Å². The zero-order chi connectivity index (χ0) is 15.0. The summed E-state index contributed by atoms with van der Waals surface area (Å²) in [6.07, 6.45) is 10.4. The highest BCUT2D eigenvalue weighted by molar-refractivity contribution is 8.00. The van der Waals surface area contributed by atoms with E-state index in [0.29, 0.717) is 15.8 Å². The summed E-state index contributed by atoms with van der Waals surface area (Å²) in [6.45, 7) is 2.04. The Hall–Kier alpha value is -1.84. The Bertz CT molecular complexity index is 867. The van der Waals surface area contributed by atoms with Crippen LogP contribution in [0.2, 0.25) is 0 Å². The van der Waals surface area contributed by atoms with Crippen LogP contribution in [0.5, 0.6) is 0 Å². The molecule has 1 aliphatic carbocycles. The fourth-order valence-electron chi connectivity index (χ4n) is 2.36. The van der Waals surface area contributed by atoms with Gasteiger partial charge in [-0.2, -0.15) is 5.26 Å². The van der Waals surface area contributed by atoms with Crippen LogP contribution in [-0.4, -0.2) is 15.8 Å². The quantitative estimate of drug-likeness (QED) is 0.796. The molecule has 0 radical (unpaired) electrons. The summed E-state index contributed by atoms with van der Waals surface area (Å²) in [5.41, 5.74) is 2.19.